The summed E-state index contributed by atoms with van der Waals surface area (Å²) in [4.78, 5) is 13.5. The van der Waals surface area contributed by atoms with Crippen LogP contribution in [0, 0.1) is 0 Å². The maximum atomic E-state index is 11.2. The monoisotopic (exact) mass is 263 g/mol. The summed E-state index contributed by atoms with van der Waals surface area (Å²) in [5.74, 6) is 0. The Hall–Kier alpha value is -1.59. The first-order chi connectivity index (χ1) is 9.24. The van der Waals surface area contributed by atoms with Gasteiger partial charge in [0.15, 0.2) is 0 Å². The number of ether oxygens (including phenoxy) is 1. The number of hydrogen-bond acceptors (Lipinski definition) is 4. The summed E-state index contributed by atoms with van der Waals surface area (Å²) in [6.07, 6.45) is 0.564. The molecule has 0 bridgehead atoms. The third-order valence-corrected chi connectivity index (χ3v) is 3.58. The molecular formula is C14H21N3O2. The second-order valence-corrected chi connectivity index (χ2v) is 4.78. The molecule has 5 heteroatoms. The predicted molar refractivity (Wildman–Crippen MR) is 73.8 cm³/mol. The van der Waals surface area contributed by atoms with E-state index in [1.165, 1.54) is 12.7 Å². The number of carbonyl (C=O) groups excluding carboxylic acids is 1. The molecule has 0 radical (unpaired) electrons. The van der Waals surface area contributed by atoms with Crippen LogP contribution in [0.25, 0.3) is 0 Å². The highest BCUT2D eigenvalue weighted by atomic mass is 16.5. The van der Waals surface area contributed by atoms with Gasteiger partial charge in [-0.05, 0) is 12.0 Å². The van der Waals surface area contributed by atoms with Gasteiger partial charge in [0.25, 0.3) is 0 Å². The highest BCUT2D eigenvalue weighted by Gasteiger charge is 2.29. The van der Waals surface area contributed by atoms with Gasteiger partial charge in [0, 0.05) is 31.7 Å². The molecule has 1 aromatic carbocycles. The Balaban J connectivity index is 1.97. The van der Waals surface area contributed by atoms with Crippen molar-refractivity contribution in [3.05, 3.63) is 35.9 Å². The summed E-state index contributed by atoms with van der Waals surface area (Å²) in [5, 5.41) is 2.85. The minimum Gasteiger partial charge on any atom is -0.453 e. The van der Waals surface area contributed by atoms with Crippen LogP contribution in [-0.2, 0) is 4.74 Å². The quantitative estimate of drug-likeness (QED) is 0.854. The van der Waals surface area contributed by atoms with Crippen LogP contribution >= 0.6 is 0 Å². The molecule has 104 valence electrons. The van der Waals surface area contributed by atoms with Gasteiger partial charge in [-0.3, -0.25) is 4.90 Å². The first-order valence-electron chi connectivity index (χ1n) is 6.58. The molecule has 5 nitrogen and oxygen atoms in total. The Bertz CT molecular complexity index is 410. The topological polar surface area (TPSA) is 67.6 Å². The van der Waals surface area contributed by atoms with Crippen LogP contribution in [0.5, 0.6) is 0 Å². The average Bonchev–Trinajstić information content (AvgIpc) is 2.89. The van der Waals surface area contributed by atoms with Gasteiger partial charge >= 0.3 is 6.09 Å². The average molecular weight is 263 g/mol. The molecule has 1 fully saturated rings. The Labute approximate surface area is 113 Å². The fraction of sp³-hybridized carbons (Fsp3) is 0.500. The van der Waals surface area contributed by atoms with Crippen molar-refractivity contribution in [2.45, 2.75) is 18.5 Å². The van der Waals surface area contributed by atoms with E-state index in [-0.39, 0.29) is 18.2 Å². The van der Waals surface area contributed by atoms with E-state index in [9.17, 15) is 4.79 Å². The van der Waals surface area contributed by atoms with Crippen molar-refractivity contribution < 1.29 is 9.53 Å². The van der Waals surface area contributed by atoms with Crippen LogP contribution in [0.15, 0.2) is 30.3 Å². The number of nitrogens with zero attached hydrogens (tertiary/aromatic N) is 1. The first-order valence-corrected chi connectivity index (χ1v) is 6.58. The second kappa shape index (κ2) is 6.54. The lowest BCUT2D eigenvalue weighted by molar-refractivity contribution is 0.165. The van der Waals surface area contributed by atoms with Crippen molar-refractivity contribution in [1.82, 2.24) is 10.2 Å². The number of benzene rings is 1. The van der Waals surface area contributed by atoms with Crippen molar-refractivity contribution >= 4 is 6.09 Å². The number of amides is 1. The van der Waals surface area contributed by atoms with E-state index in [1.54, 1.807) is 0 Å². The minimum absolute atomic E-state index is 0.144. The minimum atomic E-state index is -0.365. The highest BCUT2D eigenvalue weighted by molar-refractivity contribution is 5.67. The summed E-state index contributed by atoms with van der Waals surface area (Å²) in [7, 11) is 1.38. The molecular weight excluding hydrogens is 242 g/mol. The van der Waals surface area contributed by atoms with Crippen molar-refractivity contribution in [3.63, 3.8) is 0 Å². The van der Waals surface area contributed by atoms with Crippen molar-refractivity contribution in [3.8, 4) is 0 Å². The Kier molecular flexibility index (Phi) is 4.76. The lowest BCUT2D eigenvalue weighted by Crippen LogP contribution is -2.39. The van der Waals surface area contributed by atoms with Crippen LogP contribution < -0.4 is 11.1 Å². The van der Waals surface area contributed by atoms with Gasteiger partial charge in [0.2, 0.25) is 0 Å². The van der Waals surface area contributed by atoms with Gasteiger partial charge in [0.05, 0.1) is 7.11 Å². The predicted octanol–water partition coefficient (Wildman–Crippen LogP) is 1.12. The Morgan fingerprint density at radius 3 is 2.89 bits per heavy atom. The van der Waals surface area contributed by atoms with Crippen LogP contribution in [0.1, 0.15) is 18.0 Å². The number of nitrogens with two attached hydrogens (primary N) is 1. The number of carbonyl (C=O) groups is 1. The molecule has 1 aliphatic rings. The van der Waals surface area contributed by atoms with Gasteiger partial charge in [-0.2, -0.15) is 0 Å². The molecule has 1 saturated heterocycles. The van der Waals surface area contributed by atoms with Gasteiger partial charge in [-0.1, -0.05) is 30.3 Å². The number of hydrogen-bond donors (Lipinski definition) is 2. The van der Waals surface area contributed by atoms with Crippen molar-refractivity contribution in [1.29, 1.82) is 0 Å². The SMILES string of the molecule is COC(=O)NC1CCN(C(CN)c2ccccc2)C1. The fourth-order valence-electron chi connectivity index (χ4n) is 2.58. The van der Waals surface area contributed by atoms with Crippen molar-refractivity contribution in [2.24, 2.45) is 5.73 Å². The van der Waals surface area contributed by atoms with Gasteiger partial charge in [-0.25, -0.2) is 4.79 Å². The standard InChI is InChI=1S/C14H21N3O2/c1-19-14(18)16-12-7-8-17(10-12)13(9-15)11-5-3-2-4-6-11/h2-6,12-13H,7-10,15H2,1H3,(H,16,18). The lowest BCUT2D eigenvalue weighted by atomic mass is 10.1. The Morgan fingerprint density at radius 1 is 1.53 bits per heavy atom. The van der Waals surface area contributed by atoms with Crippen LogP contribution in [0.3, 0.4) is 0 Å². The third kappa shape index (κ3) is 3.45. The summed E-state index contributed by atoms with van der Waals surface area (Å²) in [6, 6.07) is 10.6. The molecule has 1 aromatic rings. The number of methoxy groups -OCH3 is 1. The molecule has 1 aliphatic heterocycles. The summed E-state index contributed by atoms with van der Waals surface area (Å²) < 4.78 is 4.63. The summed E-state index contributed by atoms with van der Waals surface area (Å²) in [5.41, 5.74) is 7.13. The molecule has 2 unspecified atom stereocenters. The molecule has 2 atom stereocenters. The van der Waals surface area contributed by atoms with E-state index in [4.69, 9.17) is 5.73 Å². The van der Waals surface area contributed by atoms with E-state index in [1.807, 2.05) is 18.2 Å². The molecule has 0 aromatic heterocycles. The van der Waals surface area contributed by atoms with E-state index in [2.05, 4.69) is 27.1 Å². The van der Waals surface area contributed by atoms with E-state index in [0.29, 0.717) is 6.54 Å². The summed E-state index contributed by atoms with van der Waals surface area (Å²) in [6.45, 7) is 2.33. The van der Waals surface area contributed by atoms with Crippen LogP contribution in [0.2, 0.25) is 0 Å². The maximum Gasteiger partial charge on any atom is 0.407 e. The van der Waals surface area contributed by atoms with E-state index in [0.717, 1.165) is 19.5 Å². The third-order valence-electron chi connectivity index (χ3n) is 3.58. The fourth-order valence-corrected chi connectivity index (χ4v) is 2.58. The number of alkyl carbamates (subject to hydrolysis) is 1. The zero-order valence-electron chi connectivity index (χ0n) is 11.2. The lowest BCUT2D eigenvalue weighted by Gasteiger charge is -2.27. The number of rotatable bonds is 4. The number of nitrogens with one attached hydrogen (secondary N) is 1. The molecule has 2 rings (SSSR count). The smallest absolute Gasteiger partial charge is 0.407 e. The van der Waals surface area contributed by atoms with Crippen LogP contribution in [-0.4, -0.2) is 43.8 Å². The Morgan fingerprint density at radius 2 is 2.26 bits per heavy atom. The molecule has 3 N–H and O–H groups in total. The van der Waals surface area contributed by atoms with Crippen molar-refractivity contribution in [2.75, 3.05) is 26.7 Å². The second-order valence-electron chi connectivity index (χ2n) is 4.78. The molecule has 1 amide bonds. The number of likely N-dealkylation sites (tertiary alicyclic amines) is 1. The van der Waals surface area contributed by atoms with Gasteiger partial charge < -0.3 is 15.8 Å². The zero-order chi connectivity index (χ0) is 13.7. The molecule has 19 heavy (non-hydrogen) atoms. The van der Waals surface area contributed by atoms with E-state index < -0.39 is 0 Å². The molecule has 0 saturated carbocycles. The molecule has 0 spiro atoms. The normalized spacial score (nSPS) is 21.1. The van der Waals surface area contributed by atoms with Gasteiger partial charge in [0.1, 0.15) is 0 Å². The molecule has 0 aliphatic carbocycles. The largest absolute Gasteiger partial charge is 0.453 e. The van der Waals surface area contributed by atoms with Gasteiger partial charge in [-0.15, -0.1) is 0 Å². The van der Waals surface area contributed by atoms with E-state index >= 15 is 0 Å². The maximum absolute atomic E-state index is 11.2. The molecule has 1 heterocycles. The zero-order valence-corrected chi connectivity index (χ0v) is 11.2. The highest BCUT2D eigenvalue weighted by Crippen LogP contribution is 2.24. The summed E-state index contributed by atoms with van der Waals surface area (Å²) >= 11 is 0. The first kappa shape index (κ1) is 13.8. The van der Waals surface area contributed by atoms with Crippen LogP contribution in [0.4, 0.5) is 4.79 Å².